The van der Waals surface area contributed by atoms with Crippen LogP contribution in [0, 0.1) is 12.7 Å². The summed E-state index contributed by atoms with van der Waals surface area (Å²) in [6, 6.07) is 9.28. The normalized spacial score (nSPS) is 11.7. The molecule has 0 amide bonds. The van der Waals surface area contributed by atoms with Gasteiger partial charge in [-0.1, -0.05) is 43.1 Å². The van der Waals surface area contributed by atoms with Gasteiger partial charge in [-0.25, -0.2) is 17.9 Å². The molecule has 0 bridgehead atoms. The summed E-state index contributed by atoms with van der Waals surface area (Å²) in [5.41, 5.74) is 2.28. The molecule has 0 spiro atoms. The second-order valence-corrected chi connectivity index (χ2v) is 8.67. The second kappa shape index (κ2) is 6.64. The highest BCUT2D eigenvalue weighted by Gasteiger charge is 2.21. The molecule has 0 atom stereocenters. The Kier molecular flexibility index (Phi) is 4.84. The first-order chi connectivity index (χ1) is 11.7. The lowest BCUT2D eigenvalue weighted by molar-refractivity contribution is 0.400. The predicted molar refractivity (Wildman–Crippen MR) is 98.8 cm³/mol. The van der Waals surface area contributed by atoms with E-state index < -0.39 is 20.7 Å². The summed E-state index contributed by atoms with van der Waals surface area (Å²) in [4.78, 5) is -0.558. The van der Waals surface area contributed by atoms with Gasteiger partial charge < -0.3 is 4.52 Å². The van der Waals surface area contributed by atoms with Gasteiger partial charge in [-0.2, -0.15) is 0 Å². The van der Waals surface area contributed by atoms with Gasteiger partial charge in [0.2, 0.25) is 10.0 Å². The summed E-state index contributed by atoms with van der Waals surface area (Å²) in [5.74, 6) is -0.448. The molecule has 0 unspecified atom stereocenters. The van der Waals surface area contributed by atoms with Crippen LogP contribution in [0.2, 0.25) is 0 Å². The number of nitrogens with zero attached hydrogens (tertiary/aromatic N) is 1. The third-order valence-corrected chi connectivity index (χ3v) is 5.39. The lowest BCUT2D eigenvalue weighted by Crippen LogP contribution is -2.13. The average molecular weight is 490 g/mol. The third kappa shape index (κ3) is 3.69. The number of aryl methyl sites for hydroxylation is 1. The fourth-order valence-corrected chi connectivity index (χ4v) is 4.37. The molecule has 1 heterocycles. The zero-order valence-electron chi connectivity index (χ0n) is 12.8. The molecule has 1 aromatic heterocycles. The van der Waals surface area contributed by atoms with Crippen LogP contribution in [-0.2, 0) is 10.0 Å². The molecule has 0 saturated carbocycles. The minimum absolute atomic E-state index is 0.440. The molecule has 3 rings (SSSR count). The summed E-state index contributed by atoms with van der Waals surface area (Å²) in [6.07, 6.45) is 0. The molecule has 0 aliphatic rings. The number of benzene rings is 2. The monoisotopic (exact) mass is 488 g/mol. The van der Waals surface area contributed by atoms with Crippen molar-refractivity contribution in [2.45, 2.75) is 11.8 Å². The lowest BCUT2D eigenvalue weighted by Gasteiger charge is -2.07. The molecule has 25 heavy (non-hydrogen) atoms. The van der Waals surface area contributed by atoms with Gasteiger partial charge in [0, 0.05) is 14.5 Å². The standard InChI is InChI=1S/C16H11Br2FN2O3S/c1-8-15(9-2-3-14(13(19)6-9)25(20,22)23)16(21-24-8)10-4-11(17)7-12(18)5-10/h2-7H,1H3,(H2,20,22,23). The number of hydrogen-bond acceptors (Lipinski definition) is 4. The van der Waals surface area contributed by atoms with Gasteiger partial charge >= 0.3 is 0 Å². The highest BCUT2D eigenvalue weighted by Crippen LogP contribution is 2.37. The Bertz CT molecular complexity index is 1060. The van der Waals surface area contributed by atoms with Crippen molar-refractivity contribution in [1.29, 1.82) is 0 Å². The molecule has 0 saturated heterocycles. The van der Waals surface area contributed by atoms with E-state index in [0.29, 0.717) is 22.6 Å². The molecule has 130 valence electrons. The van der Waals surface area contributed by atoms with Crippen LogP contribution in [-0.4, -0.2) is 13.6 Å². The zero-order chi connectivity index (χ0) is 18.4. The zero-order valence-corrected chi connectivity index (χ0v) is 16.7. The van der Waals surface area contributed by atoms with Crippen LogP contribution in [0.4, 0.5) is 4.39 Å². The van der Waals surface area contributed by atoms with Gasteiger partial charge in [0.05, 0.1) is 5.56 Å². The summed E-state index contributed by atoms with van der Waals surface area (Å²) in [6.45, 7) is 1.70. The minimum atomic E-state index is -4.13. The van der Waals surface area contributed by atoms with Crippen LogP contribution >= 0.6 is 31.9 Å². The van der Waals surface area contributed by atoms with E-state index in [0.717, 1.165) is 26.6 Å². The topological polar surface area (TPSA) is 86.2 Å². The molecule has 0 aliphatic carbocycles. The number of sulfonamides is 1. The molecule has 0 fully saturated rings. The Hall–Kier alpha value is -1.55. The SMILES string of the molecule is Cc1onc(-c2cc(Br)cc(Br)c2)c1-c1ccc(S(N)(=O)=O)c(F)c1. The van der Waals surface area contributed by atoms with E-state index in [1.807, 2.05) is 18.2 Å². The van der Waals surface area contributed by atoms with Crippen molar-refractivity contribution in [3.8, 4) is 22.4 Å². The molecular formula is C16H11Br2FN2O3S. The van der Waals surface area contributed by atoms with Crippen molar-refractivity contribution in [3.63, 3.8) is 0 Å². The van der Waals surface area contributed by atoms with Crippen LogP contribution in [0.15, 0.2) is 54.8 Å². The van der Waals surface area contributed by atoms with Gasteiger partial charge in [-0.05, 0) is 42.8 Å². The summed E-state index contributed by atoms with van der Waals surface area (Å²) < 4.78 is 43.9. The summed E-state index contributed by atoms with van der Waals surface area (Å²) >= 11 is 6.82. The minimum Gasteiger partial charge on any atom is -0.360 e. The highest BCUT2D eigenvalue weighted by atomic mass is 79.9. The molecule has 3 aromatic rings. The molecule has 2 aromatic carbocycles. The van der Waals surface area contributed by atoms with Crippen molar-refractivity contribution in [1.82, 2.24) is 5.16 Å². The number of nitrogens with two attached hydrogens (primary N) is 1. The number of rotatable bonds is 3. The fraction of sp³-hybridized carbons (Fsp3) is 0.0625. The van der Waals surface area contributed by atoms with Crippen LogP contribution < -0.4 is 5.14 Å². The van der Waals surface area contributed by atoms with Crippen LogP contribution in [0.25, 0.3) is 22.4 Å². The third-order valence-electron chi connectivity index (χ3n) is 3.53. The Morgan fingerprint density at radius 2 is 1.72 bits per heavy atom. The molecule has 9 heteroatoms. The maximum Gasteiger partial charge on any atom is 0.240 e. The second-order valence-electron chi connectivity index (χ2n) is 5.31. The maximum absolute atomic E-state index is 14.2. The van der Waals surface area contributed by atoms with Gasteiger partial charge in [-0.15, -0.1) is 0 Å². The predicted octanol–water partition coefficient (Wildman–Crippen LogP) is 4.63. The Labute approximate surface area is 160 Å². The highest BCUT2D eigenvalue weighted by molar-refractivity contribution is 9.11. The van der Waals surface area contributed by atoms with E-state index >= 15 is 0 Å². The van der Waals surface area contributed by atoms with Crippen molar-refractivity contribution in [3.05, 3.63) is 56.9 Å². The first-order valence-corrected chi connectivity index (χ1v) is 10.1. The molecule has 2 N–H and O–H groups in total. The van der Waals surface area contributed by atoms with Gasteiger partial charge in [0.15, 0.2) is 0 Å². The largest absolute Gasteiger partial charge is 0.360 e. The number of hydrogen-bond donors (Lipinski definition) is 1. The van der Waals surface area contributed by atoms with E-state index in [1.165, 1.54) is 6.07 Å². The molecule has 5 nitrogen and oxygen atoms in total. The van der Waals surface area contributed by atoms with Gasteiger partial charge in [0.1, 0.15) is 22.2 Å². The Morgan fingerprint density at radius 1 is 1.08 bits per heavy atom. The fourth-order valence-electron chi connectivity index (χ4n) is 2.49. The summed E-state index contributed by atoms with van der Waals surface area (Å²) in [7, 11) is -4.13. The van der Waals surface area contributed by atoms with E-state index in [9.17, 15) is 12.8 Å². The molecule has 0 radical (unpaired) electrons. The average Bonchev–Trinajstić information content (AvgIpc) is 2.86. The molecular weight excluding hydrogens is 479 g/mol. The quantitative estimate of drug-likeness (QED) is 0.581. The van der Waals surface area contributed by atoms with E-state index in [-0.39, 0.29) is 0 Å². The smallest absolute Gasteiger partial charge is 0.240 e. The van der Waals surface area contributed by atoms with E-state index in [2.05, 4.69) is 37.0 Å². The first-order valence-electron chi connectivity index (χ1n) is 6.92. The van der Waals surface area contributed by atoms with Crippen LogP contribution in [0.3, 0.4) is 0 Å². The van der Waals surface area contributed by atoms with E-state index in [4.69, 9.17) is 9.66 Å². The van der Waals surface area contributed by atoms with Crippen molar-refractivity contribution < 1.29 is 17.3 Å². The van der Waals surface area contributed by atoms with Crippen molar-refractivity contribution in [2.24, 2.45) is 5.14 Å². The summed E-state index contributed by atoms with van der Waals surface area (Å²) in [5, 5.41) is 9.06. The van der Waals surface area contributed by atoms with Crippen LogP contribution in [0.5, 0.6) is 0 Å². The number of aromatic nitrogens is 1. The van der Waals surface area contributed by atoms with E-state index in [1.54, 1.807) is 6.92 Å². The van der Waals surface area contributed by atoms with Crippen LogP contribution in [0.1, 0.15) is 5.76 Å². The Morgan fingerprint density at radius 3 is 2.28 bits per heavy atom. The maximum atomic E-state index is 14.2. The number of primary sulfonamides is 1. The number of halogens is 3. The Balaban J connectivity index is 2.19. The lowest BCUT2D eigenvalue weighted by atomic mass is 9.99. The van der Waals surface area contributed by atoms with Crippen molar-refractivity contribution >= 4 is 41.9 Å². The van der Waals surface area contributed by atoms with Crippen molar-refractivity contribution in [2.75, 3.05) is 0 Å². The molecule has 0 aliphatic heterocycles. The first kappa shape index (κ1) is 18.2. The van der Waals surface area contributed by atoms with Gasteiger partial charge in [0.25, 0.3) is 0 Å². The van der Waals surface area contributed by atoms with Gasteiger partial charge in [-0.3, -0.25) is 0 Å².